The molecule has 4 N–H and O–H groups in total. The number of carbonyl (C=O) groups excluding carboxylic acids is 2. The average molecular weight is 1210 g/mol. The van der Waals surface area contributed by atoms with Crippen molar-refractivity contribution < 1.29 is 55.6 Å². The minimum Gasteiger partial charge on any atom is -0.457 e. The molecule has 0 bridgehead atoms. The first-order valence-corrected chi connectivity index (χ1v) is 28.2. The Balaban J connectivity index is 0.000000173. The third kappa shape index (κ3) is 13.6. The second-order valence-corrected chi connectivity index (χ2v) is 20.8. The zero-order valence-corrected chi connectivity index (χ0v) is 47.5. The van der Waals surface area contributed by atoms with E-state index in [1.807, 2.05) is 42.5 Å². The van der Waals surface area contributed by atoms with Crippen LogP contribution in [-0.2, 0) is 23.1 Å². The van der Waals surface area contributed by atoms with Gasteiger partial charge in [-0.1, -0.05) is 24.3 Å². The van der Waals surface area contributed by atoms with Crippen LogP contribution in [0, 0.1) is 0 Å². The SMILES string of the molecule is CN1CCC[C@H]1Cn1cc(NC(=O)c2cnn3cccnc23)c(-c2cc(Oc3cccc(C4CNCCO4)c3)ccc2OC(F)F)n1.Cn1cc(NC(=O)c2cnn3cccnc23)c(-c2cc(Oc3cccc([C@H]4CNCCO4)c3)ccc2OC(F)F)n1. The molecular weight excluding hydrogens is 1150 g/mol. The number of hydrogen-bond acceptors (Lipinski definition) is 17. The quantitative estimate of drug-likeness (QED) is 0.0585. The van der Waals surface area contributed by atoms with Gasteiger partial charge in [0.15, 0.2) is 11.3 Å². The lowest BCUT2D eigenvalue weighted by atomic mass is 10.1. The lowest BCUT2D eigenvalue weighted by Gasteiger charge is -2.24. The fourth-order valence-electron chi connectivity index (χ4n) is 10.7. The number of ether oxygens (including phenoxy) is 6. The van der Waals surface area contributed by atoms with Gasteiger partial charge >= 0.3 is 13.2 Å². The Labute approximate surface area is 500 Å². The zero-order valence-electron chi connectivity index (χ0n) is 47.5. The van der Waals surface area contributed by atoms with E-state index >= 15 is 0 Å². The number of morpholine rings is 2. The number of anilines is 2. The molecule has 3 aliphatic rings. The summed E-state index contributed by atoms with van der Waals surface area (Å²) < 4.78 is 94.0. The van der Waals surface area contributed by atoms with Crippen LogP contribution in [0.2, 0.25) is 0 Å². The standard InChI is InChI=1S/C33H34F2N8O4.C28H25F2N7O4/c1-41-12-3-6-22(41)19-42-20-27(39-32(44)26-17-38-43-13-4-10-37-31(26)43)30(40-42)25-16-24(8-9-28(25)47-33(34)35)46-23-7-2-5-21(15-23)29-18-36-11-14-45-29;1-36-16-22(34-27(38)21-14-33-37-10-3-8-32-26(21)37)25(35-36)20-13-19(6-7-23(20)41-28(29)30)40-18-5-2-4-17(12-18)24-15-31-9-11-39-24/h2,4-5,7-10,13,15-17,20,22,29,33,36H,3,6,11-12,14,18-19H2,1H3,(H,39,44);2-8,10,12-14,16,24,28,31H,9,11,15H2,1H3,(H,34,38)/t22-,29?;24-/m01/s1. The van der Waals surface area contributed by atoms with E-state index < -0.39 is 25.0 Å². The van der Waals surface area contributed by atoms with E-state index in [9.17, 15) is 27.2 Å². The lowest BCUT2D eigenvalue weighted by Crippen LogP contribution is -2.33. The predicted octanol–water partition coefficient (Wildman–Crippen LogP) is 9.43. The smallest absolute Gasteiger partial charge is 0.387 e. The molecule has 0 spiro atoms. The first kappa shape index (κ1) is 58.6. The summed E-state index contributed by atoms with van der Waals surface area (Å²) in [4.78, 5) is 37.5. The molecule has 0 aliphatic carbocycles. The topological polar surface area (TPSA) is 237 Å². The van der Waals surface area contributed by atoms with Gasteiger partial charge in [0.25, 0.3) is 11.8 Å². The summed E-state index contributed by atoms with van der Waals surface area (Å²) in [7, 11) is 3.71. The minimum absolute atomic E-state index is 0.104. The number of fused-ring (bicyclic) bond motifs is 2. The zero-order chi connectivity index (χ0) is 60.7. The van der Waals surface area contributed by atoms with E-state index in [-0.39, 0.29) is 69.1 Å². The number of benzene rings is 4. The van der Waals surface area contributed by atoms with Crippen LogP contribution in [0.4, 0.5) is 28.9 Å². The summed E-state index contributed by atoms with van der Waals surface area (Å²) in [5.41, 5.74) is 4.60. The molecule has 4 aromatic carbocycles. The van der Waals surface area contributed by atoms with Crippen molar-refractivity contribution in [3.63, 3.8) is 0 Å². The molecule has 10 aromatic rings. The van der Waals surface area contributed by atoms with E-state index in [0.717, 1.165) is 43.6 Å². The van der Waals surface area contributed by atoms with Gasteiger partial charge in [0.1, 0.15) is 57.0 Å². The molecule has 13 rings (SSSR count). The Morgan fingerprint density at radius 2 is 1.16 bits per heavy atom. The van der Waals surface area contributed by atoms with Crippen molar-refractivity contribution in [3.05, 3.63) is 169 Å². The Morgan fingerprint density at radius 3 is 1.65 bits per heavy atom. The van der Waals surface area contributed by atoms with Gasteiger partial charge in [-0.2, -0.15) is 38.0 Å². The molecule has 3 atom stereocenters. The number of aromatic nitrogens is 10. The fraction of sp³-hybridized carbons (Fsp3) is 0.279. The van der Waals surface area contributed by atoms with Gasteiger partial charge in [-0.3, -0.25) is 19.0 Å². The van der Waals surface area contributed by atoms with Crippen molar-refractivity contribution >= 4 is 34.5 Å². The number of likely N-dealkylation sites (N-methyl/N-ethyl adjacent to an activating group) is 1. The van der Waals surface area contributed by atoms with Crippen LogP contribution in [0.15, 0.2) is 147 Å². The molecule has 454 valence electrons. The Hall–Kier alpha value is -9.80. The van der Waals surface area contributed by atoms with E-state index in [2.05, 4.69) is 58.5 Å². The third-order valence-electron chi connectivity index (χ3n) is 14.8. The van der Waals surface area contributed by atoms with E-state index in [1.54, 1.807) is 79.2 Å². The first-order valence-electron chi connectivity index (χ1n) is 28.2. The molecule has 0 saturated carbocycles. The molecule has 3 aliphatic heterocycles. The minimum atomic E-state index is -3.08. The van der Waals surface area contributed by atoms with Crippen LogP contribution in [0.3, 0.4) is 0 Å². The van der Waals surface area contributed by atoms with Gasteiger partial charge in [0.05, 0.1) is 66.9 Å². The summed E-state index contributed by atoms with van der Waals surface area (Å²) in [6, 6.07) is 27.7. The fourth-order valence-corrected chi connectivity index (χ4v) is 10.7. The second-order valence-electron chi connectivity index (χ2n) is 20.8. The van der Waals surface area contributed by atoms with Crippen molar-refractivity contribution in [1.29, 1.82) is 0 Å². The maximum Gasteiger partial charge on any atom is 0.387 e. The summed E-state index contributed by atoms with van der Waals surface area (Å²) in [5, 5.41) is 29.9. The number of hydrogen-bond donors (Lipinski definition) is 4. The second kappa shape index (κ2) is 26.4. The van der Waals surface area contributed by atoms with Gasteiger partial charge in [-0.25, -0.2) is 19.0 Å². The van der Waals surface area contributed by atoms with Crippen LogP contribution in [0.5, 0.6) is 34.5 Å². The monoisotopic (exact) mass is 1210 g/mol. The molecule has 1 unspecified atom stereocenters. The normalized spacial score (nSPS) is 17.0. The van der Waals surface area contributed by atoms with Gasteiger partial charge < -0.3 is 54.6 Å². The molecular formula is C61H59F4N15O8. The number of halogens is 4. The number of carbonyl (C=O) groups is 2. The number of aryl methyl sites for hydroxylation is 1. The number of amides is 2. The highest BCUT2D eigenvalue weighted by Crippen LogP contribution is 2.42. The van der Waals surface area contributed by atoms with Crippen LogP contribution < -0.4 is 40.2 Å². The van der Waals surface area contributed by atoms with Crippen LogP contribution >= 0.6 is 0 Å². The third-order valence-corrected chi connectivity index (χ3v) is 14.8. The van der Waals surface area contributed by atoms with Crippen molar-refractivity contribution in [2.45, 2.75) is 50.9 Å². The van der Waals surface area contributed by atoms with Crippen LogP contribution in [-0.4, -0.2) is 138 Å². The molecule has 3 saturated heterocycles. The van der Waals surface area contributed by atoms with Crippen molar-refractivity contribution in [2.24, 2.45) is 7.05 Å². The molecule has 88 heavy (non-hydrogen) atoms. The Bertz CT molecular complexity index is 4090. The molecule has 6 aromatic heterocycles. The number of nitrogens with zero attached hydrogens (tertiary/aromatic N) is 11. The van der Waals surface area contributed by atoms with Crippen LogP contribution in [0.25, 0.3) is 33.8 Å². The highest BCUT2D eigenvalue weighted by Gasteiger charge is 2.28. The number of likely N-dealkylation sites (tertiary alicyclic amines) is 1. The van der Waals surface area contributed by atoms with Gasteiger partial charge in [0.2, 0.25) is 0 Å². The maximum absolute atomic E-state index is 13.7. The summed E-state index contributed by atoms with van der Waals surface area (Å²) in [6.45, 7) is -0.444. The summed E-state index contributed by atoms with van der Waals surface area (Å²) >= 11 is 0. The molecule has 27 heteroatoms. The number of alkyl halides is 4. The molecule has 9 heterocycles. The van der Waals surface area contributed by atoms with Gasteiger partial charge in [-0.05, 0) is 110 Å². The molecule has 3 fully saturated rings. The molecule has 0 radical (unpaired) electrons. The lowest BCUT2D eigenvalue weighted by molar-refractivity contribution is -0.0501. The highest BCUT2D eigenvalue weighted by atomic mass is 19.3. The molecule has 2 amide bonds. The van der Waals surface area contributed by atoms with Gasteiger partial charge in [0, 0.05) is 76.4 Å². The largest absolute Gasteiger partial charge is 0.457 e. The summed E-state index contributed by atoms with van der Waals surface area (Å²) in [5.74, 6) is 0.611. The Morgan fingerprint density at radius 1 is 0.648 bits per heavy atom. The predicted molar refractivity (Wildman–Crippen MR) is 313 cm³/mol. The van der Waals surface area contributed by atoms with E-state index in [4.69, 9.17) is 33.5 Å². The number of nitrogens with one attached hydrogen (secondary N) is 4. The first-order chi connectivity index (χ1) is 42.8. The number of rotatable bonds is 18. The van der Waals surface area contributed by atoms with Crippen LogP contribution in [0.1, 0.15) is 56.9 Å². The van der Waals surface area contributed by atoms with E-state index in [1.165, 1.54) is 50.4 Å². The van der Waals surface area contributed by atoms with Gasteiger partial charge in [-0.15, -0.1) is 0 Å². The van der Waals surface area contributed by atoms with Crippen molar-refractivity contribution in [1.82, 2.24) is 64.3 Å². The van der Waals surface area contributed by atoms with Crippen molar-refractivity contribution in [3.8, 4) is 57.0 Å². The molecule has 23 nitrogen and oxygen atoms in total. The highest BCUT2D eigenvalue weighted by molar-refractivity contribution is 6.10. The maximum atomic E-state index is 13.7. The average Bonchev–Trinajstić information content (AvgIpc) is 2.25. The van der Waals surface area contributed by atoms with E-state index in [0.29, 0.717) is 72.8 Å². The Kier molecular flexibility index (Phi) is 17.6. The summed E-state index contributed by atoms with van der Waals surface area (Å²) in [6.07, 6.45) is 14.4. The van der Waals surface area contributed by atoms with Crippen molar-refractivity contribution in [2.75, 3.05) is 63.6 Å².